The fourth-order valence-corrected chi connectivity index (χ4v) is 5.00. The zero-order valence-electron chi connectivity index (χ0n) is 13.4. The maximum atomic E-state index is 12.7. The van der Waals surface area contributed by atoms with Gasteiger partial charge < -0.3 is 4.74 Å². The van der Waals surface area contributed by atoms with Crippen molar-refractivity contribution in [1.82, 2.24) is 4.72 Å². The van der Waals surface area contributed by atoms with Gasteiger partial charge in [0.1, 0.15) is 10.6 Å². The zero-order valence-corrected chi connectivity index (χ0v) is 15.0. The largest absolute Gasteiger partial charge is 0.495 e. The molecule has 0 heterocycles. The van der Waals surface area contributed by atoms with Crippen LogP contribution in [0.4, 0.5) is 0 Å². The van der Waals surface area contributed by atoms with Crippen molar-refractivity contribution in [2.45, 2.75) is 54.4 Å². The maximum absolute atomic E-state index is 12.7. The first kappa shape index (κ1) is 18.2. The van der Waals surface area contributed by atoms with Crippen LogP contribution in [0.25, 0.3) is 0 Å². The minimum Gasteiger partial charge on any atom is -0.495 e. The van der Waals surface area contributed by atoms with Crippen molar-refractivity contribution < 1.29 is 21.6 Å². The van der Waals surface area contributed by atoms with Crippen LogP contribution in [0, 0.1) is 0 Å². The van der Waals surface area contributed by atoms with Crippen LogP contribution in [0.5, 0.6) is 5.75 Å². The molecule has 0 atom stereocenters. The van der Waals surface area contributed by atoms with Gasteiger partial charge >= 0.3 is 0 Å². The second-order valence-electron chi connectivity index (χ2n) is 5.89. The smallest absolute Gasteiger partial charge is 0.244 e. The fourth-order valence-electron chi connectivity index (χ4n) is 2.78. The van der Waals surface area contributed by atoms with E-state index < -0.39 is 19.9 Å². The molecular formula is C15H23NO5S2. The summed E-state index contributed by atoms with van der Waals surface area (Å²) in [4.78, 5) is -0.174. The van der Waals surface area contributed by atoms with Crippen LogP contribution in [0.3, 0.4) is 0 Å². The number of hydrogen-bond acceptors (Lipinski definition) is 5. The van der Waals surface area contributed by atoms with Crippen molar-refractivity contribution in [2.75, 3.05) is 13.4 Å². The lowest BCUT2D eigenvalue weighted by atomic mass is 10.1. The Kier molecular flexibility index (Phi) is 5.70. The molecule has 0 unspecified atom stereocenters. The monoisotopic (exact) mass is 361 g/mol. The molecule has 1 fully saturated rings. The highest BCUT2D eigenvalue weighted by Gasteiger charge is 2.25. The van der Waals surface area contributed by atoms with Gasteiger partial charge in [0.25, 0.3) is 0 Å². The van der Waals surface area contributed by atoms with E-state index in [2.05, 4.69) is 4.72 Å². The van der Waals surface area contributed by atoms with E-state index in [0.717, 1.165) is 50.8 Å². The Labute approximate surface area is 138 Å². The third-order valence-electron chi connectivity index (χ3n) is 4.03. The number of sulfone groups is 1. The predicted molar refractivity (Wildman–Crippen MR) is 87.9 cm³/mol. The van der Waals surface area contributed by atoms with Gasteiger partial charge in [0.2, 0.25) is 10.0 Å². The van der Waals surface area contributed by atoms with E-state index in [9.17, 15) is 16.8 Å². The van der Waals surface area contributed by atoms with Gasteiger partial charge in [-0.25, -0.2) is 21.6 Å². The van der Waals surface area contributed by atoms with Crippen molar-refractivity contribution in [3.63, 3.8) is 0 Å². The van der Waals surface area contributed by atoms with Gasteiger partial charge in [-0.2, -0.15) is 0 Å². The number of methoxy groups -OCH3 is 1. The Morgan fingerprint density at radius 3 is 2.17 bits per heavy atom. The van der Waals surface area contributed by atoms with E-state index in [1.54, 1.807) is 0 Å². The van der Waals surface area contributed by atoms with E-state index in [-0.39, 0.29) is 21.6 Å². The SMILES string of the molecule is COc1ccc(S(C)(=O)=O)cc1S(=O)(=O)NC1CCCCCC1. The van der Waals surface area contributed by atoms with E-state index in [4.69, 9.17) is 4.74 Å². The maximum Gasteiger partial charge on any atom is 0.244 e. The molecule has 1 N–H and O–H groups in total. The predicted octanol–water partition coefficient (Wildman–Crippen LogP) is 2.10. The molecule has 1 aliphatic carbocycles. The summed E-state index contributed by atoms with van der Waals surface area (Å²) in [5.41, 5.74) is 0. The topological polar surface area (TPSA) is 89.5 Å². The average Bonchev–Trinajstić information content (AvgIpc) is 2.73. The summed E-state index contributed by atoms with van der Waals surface area (Å²) in [6.07, 6.45) is 6.86. The van der Waals surface area contributed by atoms with Crippen LogP contribution < -0.4 is 9.46 Å². The first-order valence-corrected chi connectivity index (χ1v) is 11.0. The first-order chi connectivity index (χ1) is 10.7. The number of benzene rings is 1. The molecule has 23 heavy (non-hydrogen) atoms. The molecule has 1 aromatic rings. The zero-order chi connectivity index (χ0) is 17.1. The lowest BCUT2D eigenvalue weighted by Gasteiger charge is -2.18. The Morgan fingerprint density at radius 1 is 1.04 bits per heavy atom. The molecule has 1 saturated carbocycles. The van der Waals surface area contributed by atoms with Crippen LogP contribution >= 0.6 is 0 Å². The van der Waals surface area contributed by atoms with Crippen LogP contribution in [0.1, 0.15) is 38.5 Å². The molecule has 0 aliphatic heterocycles. The van der Waals surface area contributed by atoms with Gasteiger partial charge in [-0.1, -0.05) is 25.7 Å². The van der Waals surface area contributed by atoms with Crippen molar-refractivity contribution in [3.05, 3.63) is 18.2 Å². The molecular weight excluding hydrogens is 338 g/mol. The van der Waals surface area contributed by atoms with E-state index >= 15 is 0 Å². The first-order valence-electron chi connectivity index (χ1n) is 7.64. The van der Waals surface area contributed by atoms with Gasteiger partial charge in [-0.3, -0.25) is 0 Å². The molecule has 8 heteroatoms. The second kappa shape index (κ2) is 7.19. The number of hydrogen-bond donors (Lipinski definition) is 1. The number of ether oxygens (including phenoxy) is 1. The highest BCUT2D eigenvalue weighted by atomic mass is 32.2. The highest BCUT2D eigenvalue weighted by Crippen LogP contribution is 2.28. The van der Waals surface area contributed by atoms with E-state index in [0.29, 0.717) is 0 Å². The van der Waals surface area contributed by atoms with Crippen LogP contribution in [-0.2, 0) is 19.9 Å². The molecule has 0 spiro atoms. The molecule has 1 aromatic carbocycles. The van der Waals surface area contributed by atoms with Crippen molar-refractivity contribution in [3.8, 4) is 5.75 Å². The van der Waals surface area contributed by atoms with Gasteiger partial charge in [0.15, 0.2) is 9.84 Å². The summed E-state index contributed by atoms with van der Waals surface area (Å²) >= 11 is 0. The summed E-state index contributed by atoms with van der Waals surface area (Å²) in [5.74, 6) is 0.138. The quantitative estimate of drug-likeness (QED) is 0.811. The minimum absolute atomic E-state index is 0.0421. The van der Waals surface area contributed by atoms with E-state index in [1.807, 2.05) is 0 Å². The van der Waals surface area contributed by atoms with Crippen LogP contribution in [0.2, 0.25) is 0 Å². The van der Waals surface area contributed by atoms with Crippen LogP contribution in [0.15, 0.2) is 28.0 Å². The van der Waals surface area contributed by atoms with Gasteiger partial charge in [-0.05, 0) is 31.0 Å². The molecule has 0 bridgehead atoms. The Morgan fingerprint density at radius 2 is 1.65 bits per heavy atom. The lowest BCUT2D eigenvalue weighted by molar-refractivity contribution is 0.401. The highest BCUT2D eigenvalue weighted by molar-refractivity contribution is 7.91. The summed E-state index contributed by atoms with van der Waals surface area (Å²) < 4.78 is 56.6. The minimum atomic E-state index is -3.84. The molecule has 0 radical (unpaired) electrons. The average molecular weight is 361 g/mol. The third kappa shape index (κ3) is 4.68. The summed E-state index contributed by atoms with van der Waals surface area (Å²) in [6, 6.07) is 3.76. The Bertz CT molecular complexity index is 748. The van der Waals surface area contributed by atoms with Crippen molar-refractivity contribution in [2.24, 2.45) is 0 Å². The Hall–Kier alpha value is -1.12. The van der Waals surface area contributed by atoms with Crippen LogP contribution in [-0.4, -0.2) is 36.2 Å². The number of rotatable bonds is 5. The van der Waals surface area contributed by atoms with Gasteiger partial charge in [-0.15, -0.1) is 0 Å². The van der Waals surface area contributed by atoms with Crippen molar-refractivity contribution >= 4 is 19.9 Å². The molecule has 0 aromatic heterocycles. The third-order valence-corrected chi connectivity index (χ3v) is 6.68. The van der Waals surface area contributed by atoms with Gasteiger partial charge in [0.05, 0.1) is 12.0 Å². The van der Waals surface area contributed by atoms with Crippen molar-refractivity contribution in [1.29, 1.82) is 0 Å². The Balaban J connectivity index is 2.37. The number of sulfonamides is 1. The molecule has 0 saturated heterocycles. The molecule has 130 valence electrons. The second-order valence-corrected chi connectivity index (χ2v) is 9.59. The molecule has 2 rings (SSSR count). The van der Waals surface area contributed by atoms with Gasteiger partial charge in [0, 0.05) is 12.3 Å². The molecule has 0 amide bonds. The summed E-state index contributed by atoms with van der Waals surface area (Å²) in [5, 5.41) is 0. The molecule has 1 aliphatic rings. The fraction of sp³-hybridized carbons (Fsp3) is 0.600. The summed E-state index contributed by atoms with van der Waals surface area (Å²) in [6.45, 7) is 0. The van der Waals surface area contributed by atoms with E-state index in [1.165, 1.54) is 19.2 Å². The standard InChI is InChI=1S/C15H23NO5S2/c1-21-14-10-9-13(22(2,17)18)11-15(14)23(19,20)16-12-7-5-3-4-6-8-12/h9-12,16H,3-8H2,1-2H3. The number of nitrogens with one attached hydrogen (secondary N) is 1. The normalized spacial score (nSPS) is 17.7. The lowest BCUT2D eigenvalue weighted by Crippen LogP contribution is -2.34. The molecule has 6 nitrogen and oxygen atoms in total. The summed E-state index contributed by atoms with van der Waals surface area (Å²) in [7, 11) is -5.98.